The predicted octanol–water partition coefficient (Wildman–Crippen LogP) is 5.94. The highest BCUT2D eigenvalue weighted by molar-refractivity contribution is 6.25. The third-order valence-electron chi connectivity index (χ3n) is 7.27. The Kier molecular flexibility index (Phi) is 12.5. The fraction of sp³-hybridized carbons (Fsp3) is 0.469. The van der Waals surface area contributed by atoms with Crippen molar-refractivity contribution >= 4 is 17.5 Å². The highest BCUT2D eigenvalue weighted by atomic mass is 16.5. The normalized spacial score (nSPS) is 16.4. The Bertz CT molecular complexity index is 1250. The molecule has 0 unspecified atom stereocenters. The summed E-state index contributed by atoms with van der Waals surface area (Å²) in [7, 11) is 0. The summed E-state index contributed by atoms with van der Waals surface area (Å²) < 4.78 is 5.24. The van der Waals surface area contributed by atoms with Crippen molar-refractivity contribution in [2.24, 2.45) is 5.92 Å². The largest absolute Gasteiger partial charge is 0.396 e. The Labute approximate surface area is 243 Å². The van der Waals surface area contributed by atoms with Gasteiger partial charge in [0.05, 0.1) is 30.0 Å². The number of anilines is 1. The Morgan fingerprint density at radius 1 is 1.20 bits per heavy atom. The standard InChI is InChI=1S/C16H17N5O3.C10H16.C6H12O/c1-9-12-14(19-18-9)10-3-2-4-11(13(10)15(12)22)17-16(23)20-21-5-7-24-8-6-21;1-5-10(6-2)8-7-9(3)4;7-5-6-3-1-2-4-6/h2-4H,5-8H2,1H3,(H,18,19)(H2,17,20,23);5,7-8H,1,6H2,2-4H3;6-7H,1-5H2/b;10-8+;. The van der Waals surface area contributed by atoms with Gasteiger partial charge in [-0.2, -0.15) is 5.10 Å². The molecule has 1 aromatic carbocycles. The van der Waals surface area contributed by atoms with Crippen LogP contribution in [0.2, 0.25) is 0 Å². The lowest BCUT2D eigenvalue weighted by Gasteiger charge is -2.27. The van der Waals surface area contributed by atoms with E-state index in [0.717, 1.165) is 17.7 Å². The van der Waals surface area contributed by atoms with Crippen LogP contribution < -0.4 is 10.7 Å². The van der Waals surface area contributed by atoms with Crippen LogP contribution in [0.4, 0.5) is 10.5 Å². The van der Waals surface area contributed by atoms with Crippen LogP contribution in [0.5, 0.6) is 0 Å². The molecule has 2 heterocycles. The zero-order chi connectivity index (χ0) is 29.8. The molecule has 2 aliphatic carbocycles. The van der Waals surface area contributed by atoms with E-state index in [2.05, 4.69) is 60.4 Å². The number of benzene rings is 1. The van der Waals surface area contributed by atoms with E-state index in [1.54, 1.807) is 17.1 Å². The topological polar surface area (TPSA) is 120 Å². The molecule has 2 aromatic rings. The number of ether oxygens (including phenoxy) is 1. The maximum Gasteiger partial charge on any atom is 0.333 e. The number of hydrazine groups is 1. The minimum absolute atomic E-state index is 0.117. The van der Waals surface area contributed by atoms with Gasteiger partial charge in [0.1, 0.15) is 5.69 Å². The first-order valence-electron chi connectivity index (χ1n) is 14.5. The van der Waals surface area contributed by atoms with Crippen molar-refractivity contribution in [1.29, 1.82) is 0 Å². The molecule has 2 amide bonds. The molecule has 2 fully saturated rings. The minimum Gasteiger partial charge on any atom is -0.396 e. The second-order valence-corrected chi connectivity index (χ2v) is 10.7. The quantitative estimate of drug-likeness (QED) is 0.276. The summed E-state index contributed by atoms with van der Waals surface area (Å²) >= 11 is 0. The van der Waals surface area contributed by atoms with Crippen LogP contribution in [-0.2, 0) is 4.74 Å². The van der Waals surface area contributed by atoms with Crippen LogP contribution >= 0.6 is 0 Å². The maximum absolute atomic E-state index is 12.7. The lowest BCUT2D eigenvalue weighted by Crippen LogP contribution is -2.49. The summed E-state index contributed by atoms with van der Waals surface area (Å²) in [6, 6.07) is 4.99. The Balaban J connectivity index is 0.000000224. The zero-order valence-electron chi connectivity index (χ0n) is 24.9. The molecule has 9 heteroatoms. The zero-order valence-corrected chi connectivity index (χ0v) is 24.9. The number of aryl methyl sites for hydroxylation is 1. The molecule has 1 aromatic heterocycles. The number of carbonyl (C=O) groups excluding carboxylic acids is 2. The summed E-state index contributed by atoms with van der Waals surface area (Å²) in [5.41, 5.74) is 9.06. The van der Waals surface area contributed by atoms with Crippen molar-refractivity contribution in [2.45, 2.75) is 59.8 Å². The number of fused-ring (bicyclic) bond motifs is 3. The third kappa shape index (κ3) is 8.98. The van der Waals surface area contributed by atoms with Gasteiger partial charge in [0.2, 0.25) is 0 Å². The Morgan fingerprint density at radius 2 is 1.90 bits per heavy atom. The van der Waals surface area contributed by atoms with Crippen LogP contribution in [0.3, 0.4) is 0 Å². The summed E-state index contributed by atoms with van der Waals surface area (Å²) in [5, 5.41) is 20.2. The van der Waals surface area contributed by atoms with Crippen molar-refractivity contribution in [3.05, 3.63) is 71.0 Å². The molecule has 0 atom stereocenters. The number of nitrogens with one attached hydrogen (secondary N) is 3. The second-order valence-electron chi connectivity index (χ2n) is 10.7. The van der Waals surface area contributed by atoms with Gasteiger partial charge in [0.25, 0.3) is 0 Å². The first-order valence-corrected chi connectivity index (χ1v) is 14.5. The number of morpholine rings is 1. The van der Waals surface area contributed by atoms with Gasteiger partial charge >= 0.3 is 6.03 Å². The first kappa shape index (κ1) is 32.0. The van der Waals surface area contributed by atoms with E-state index in [9.17, 15) is 9.59 Å². The average molecular weight is 564 g/mol. The monoisotopic (exact) mass is 563 g/mol. The van der Waals surface area contributed by atoms with Crippen molar-refractivity contribution in [2.75, 3.05) is 38.2 Å². The van der Waals surface area contributed by atoms with Gasteiger partial charge in [0, 0.05) is 31.0 Å². The number of H-pyrrole nitrogens is 1. The van der Waals surface area contributed by atoms with Gasteiger partial charge in [-0.1, -0.05) is 62.3 Å². The van der Waals surface area contributed by atoms with E-state index < -0.39 is 0 Å². The number of aromatic amines is 1. The number of hydrogen-bond acceptors (Lipinski definition) is 6. The van der Waals surface area contributed by atoms with E-state index in [1.165, 1.54) is 36.8 Å². The predicted molar refractivity (Wildman–Crippen MR) is 164 cm³/mol. The van der Waals surface area contributed by atoms with Crippen LogP contribution in [-0.4, -0.2) is 65.0 Å². The lowest BCUT2D eigenvalue weighted by molar-refractivity contribution is 0.0207. The molecule has 9 nitrogen and oxygen atoms in total. The first-order chi connectivity index (χ1) is 19.8. The van der Waals surface area contributed by atoms with Crippen LogP contribution in [0, 0.1) is 12.8 Å². The van der Waals surface area contributed by atoms with Crippen molar-refractivity contribution in [1.82, 2.24) is 20.6 Å². The van der Waals surface area contributed by atoms with Gasteiger partial charge in [0.15, 0.2) is 5.78 Å². The number of aromatic nitrogens is 2. The number of aliphatic hydroxyl groups is 1. The number of nitrogens with zero attached hydrogens (tertiary/aromatic N) is 2. The molecule has 3 aliphatic rings. The Hall–Kier alpha value is -3.53. The van der Waals surface area contributed by atoms with Gasteiger partial charge in [-0.05, 0) is 57.6 Å². The highest BCUT2D eigenvalue weighted by Crippen LogP contribution is 2.40. The molecule has 4 N–H and O–H groups in total. The molecule has 1 saturated carbocycles. The summed E-state index contributed by atoms with van der Waals surface area (Å²) in [6.45, 7) is 14.7. The van der Waals surface area contributed by atoms with Gasteiger partial charge in [-0.15, -0.1) is 0 Å². The lowest BCUT2D eigenvalue weighted by atomic mass is 10.1. The summed E-state index contributed by atoms with van der Waals surface area (Å²) in [4.78, 5) is 24.9. The summed E-state index contributed by atoms with van der Waals surface area (Å²) in [6.07, 6.45) is 12.4. The molecule has 41 heavy (non-hydrogen) atoms. The van der Waals surface area contributed by atoms with Gasteiger partial charge in [-0.25, -0.2) is 9.80 Å². The number of rotatable bonds is 6. The number of aliphatic hydroxyl groups excluding tert-OH is 1. The number of urea groups is 1. The number of ketones is 1. The van der Waals surface area contributed by atoms with Crippen molar-refractivity contribution < 1.29 is 19.4 Å². The molecular formula is C32H45N5O4. The molecular weight excluding hydrogens is 518 g/mol. The van der Waals surface area contributed by atoms with Gasteiger partial charge in [-0.3, -0.25) is 15.3 Å². The Morgan fingerprint density at radius 3 is 2.49 bits per heavy atom. The molecule has 1 aliphatic heterocycles. The molecule has 0 radical (unpaired) electrons. The van der Waals surface area contributed by atoms with E-state index in [-0.39, 0.29) is 11.8 Å². The average Bonchev–Trinajstić information content (AvgIpc) is 3.70. The van der Waals surface area contributed by atoms with Crippen LogP contribution in [0.15, 0.2) is 54.2 Å². The SMILES string of the molecule is C=C/C(=C\C=C(C)C)CC.Cc1[nH]nc2c1C(=O)c1c(NC(=O)NN3CCOCC3)cccc1-2.OCC1CCCC1. The van der Waals surface area contributed by atoms with Gasteiger partial charge < -0.3 is 15.2 Å². The molecule has 222 valence electrons. The van der Waals surface area contributed by atoms with E-state index in [1.807, 2.05) is 19.1 Å². The fourth-order valence-electron chi connectivity index (χ4n) is 4.89. The minimum atomic E-state index is -0.374. The van der Waals surface area contributed by atoms with Crippen LogP contribution in [0.25, 0.3) is 11.3 Å². The van der Waals surface area contributed by atoms with Crippen molar-refractivity contribution in [3.8, 4) is 11.3 Å². The fourth-order valence-corrected chi connectivity index (χ4v) is 4.89. The van der Waals surface area contributed by atoms with Crippen molar-refractivity contribution in [3.63, 3.8) is 0 Å². The third-order valence-corrected chi connectivity index (χ3v) is 7.27. The molecule has 1 saturated heterocycles. The smallest absolute Gasteiger partial charge is 0.333 e. The number of allylic oxidation sites excluding steroid dienone is 5. The van der Waals surface area contributed by atoms with E-state index >= 15 is 0 Å². The molecule has 0 bridgehead atoms. The van der Waals surface area contributed by atoms with Crippen LogP contribution in [0.1, 0.15) is 74.5 Å². The summed E-state index contributed by atoms with van der Waals surface area (Å²) in [5.74, 6) is 0.536. The van der Waals surface area contributed by atoms with E-state index in [0.29, 0.717) is 61.3 Å². The van der Waals surface area contributed by atoms with E-state index in [4.69, 9.17) is 9.84 Å². The number of amides is 2. The molecule has 0 spiro atoms. The number of carbonyl (C=O) groups is 2. The maximum atomic E-state index is 12.7. The second kappa shape index (κ2) is 16.0. The highest BCUT2D eigenvalue weighted by Gasteiger charge is 2.33. The molecule has 5 rings (SSSR count). The number of hydrogen-bond donors (Lipinski definition) is 4.